The molecular formula is C14H10Cl2F2O. The van der Waals surface area contributed by atoms with Crippen LogP contribution in [0.15, 0.2) is 36.4 Å². The molecule has 2 rings (SSSR count). The Morgan fingerprint density at radius 3 is 2.16 bits per heavy atom. The Morgan fingerprint density at radius 1 is 1.00 bits per heavy atom. The second-order valence-electron chi connectivity index (χ2n) is 4.35. The van der Waals surface area contributed by atoms with E-state index < -0.39 is 17.2 Å². The SMILES string of the molecule is CC(O)(c1cc(F)cc(F)c1)c1cc(Cl)ccc1Cl. The monoisotopic (exact) mass is 302 g/mol. The Hall–Kier alpha value is -1.16. The molecule has 100 valence electrons. The highest BCUT2D eigenvalue weighted by Gasteiger charge is 2.29. The van der Waals surface area contributed by atoms with Crippen LogP contribution in [0.4, 0.5) is 8.78 Å². The molecule has 0 bridgehead atoms. The first kappa shape index (κ1) is 14.3. The molecule has 1 nitrogen and oxygen atoms in total. The van der Waals surface area contributed by atoms with Crippen LogP contribution in [-0.2, 0) is 5.60 Å². The Balaban J connectivity index is 2.60. The van der Waals surface area contributed by atoms with E-state index in [1.165, 1.54) is 19.1 Å². The molecule has 0 fully saturated rings. The van der Waals surface area contributed by atoms with Gasteiger partial charge in [-0.3, -0.25) is 0 Å². The quantitative estimate of drug-likeness (QED) is 0.864. The number of halogens is 4. The molecule has 0 aliphatic heterocycles. The topological polar surface area (TPSA) is 20.2 Å². The van der Waals surface area contributed by atoms with Gasteiger partial charge < -0.3 is 5.11 Å². The fraction of sp³-hybridized carbons (Fsp3) is 0.143. The molecule has 0 amide bonds. The molecule has 1 atom stereocenters. The summed E-state index contributed by atoms with van der Waals surface area (Å²) in [5.41, 5.74) is -1.30. The number of rotatable bonds is 2. The van der Waals surface area contributed by atoms with E-state index >= 15 is 0 Å². The average Bonchev–Trinajstić information content (AvgIpc) is 2.31. The van der Waals surface area contributed by atoms with Crippen LogP contribution in [0.2, 0.25) is 10.0 Å². The normalized spacial score (nSPS) is 14.2. The van der Waals surface area contributed by atoms with Crippen molar-refractivity contribution in [2.45, 2.75) is 12.5 Å². The number of aliphatic hydroxyl groups is 1. The summed E-state index contributed by atoms with van der Waals surface area (Å²) in [6, 6.07) is 7.39. The molecule has 2 aromatic carbocycles. The smallest absolute Gasteiger partial charge is 0.126 e. The molecule has 0 saturated carbocycles. The first-order valence-electron chi connectivity index (χ1n) is 5.45. The fourth-order valence-corrected chi connectivity index (χ4v) is 2.33. The van der Waals surface area contributed by atoms with E-state index in [-0.39, 0.29) is 16.1 Å². The van der Waals surface area contributed by atoms with Gasteiger partial charge in [-0.15, -0.1) is 0 Å². The van der Waals surface area contributed by atoms with E-state index in [1.807, 2.05) is 0 Å². The predicted octanol–water partition coefficient (Wildman–Crippen LogP) is 4.53. The van der Waals surface area contributed by atoms with Gasteiger partial charge in [0.1, 0.15) is 17.2 Å². The number of benzene rings is 2. The molecule has 1 unspecified atom stereocenters. The lowest BCUT2D eigenvalue weighted by Gasteiger charge is -2.26. The molecule has 0 aliphatic rings. The van der Waals surface area contributed by atoms with Gasteiger partial charge in [0.15, 0.2) is 0 Å². The van der Waals surface area contributed by atoms with Crippen LogP contribution in [0, 0.1) is 11.6 Å². The van der Waals surface area contributed by atoms with Crippen molar-refractivity contribution in [1.82, 2.24) is 0 Å². The fourth-order valence-electron chi connectivity index (χ4n) is 1.86. The molecule has 0 aliphatic carbocycles. The highest BCUT2D eigenvalue weighted by atomic mass is 35.5. The van der Waals surface area contributed by atoms with Gasteiger partial charge in [0.05, 0.1) is 0 Å². The minimum Gasteiger partial charge on any atom is -0.381 e. The summed E-state index contributed by atoms with van der Waals surface area (Å²) in [5.74, 6) is -1.54. The summed E-state index contributed by atoms with van der Waals surface area (Å²) >= 11 is 11.9. The summed E-state index contributed by atoms with van der Waals surface area (Å²) in [6.07, 6.45) is 0. The molecule has 0 radical (unpaired) electrons. The van der Waals surface area contributed by atoms with Gasteiger partial charge >= 0.3 is 0 Å². The summed E-state index contributed by atoms with van der Waals surface area (Å²) in [4.78, 5) is 0. The van der Waals surface area contributed by atoms with E-state index in [0.29, 0.717) is 5.02 Å². The van der Waals surface area contributed by atoms with Crippen LogP contribution in [0.5, 0.6) is 0 Å². The van der Waals surface area contributed by atoms with Crippen LogP contribution < -0.4 is 0 Å². The average molecular weight is 303 g/mol. The van der Waals surface area contributed by atoms with Gasteiger partial charge in [-0.25, -0.2) is 8.78 Å². The Bertz CT molecular complexity index is 607. The Kier molecular flexibility index (Phi) is 3.81. The second-order valence-corrected chi connectivity index (χ2v) is 5.20. The van der Waals surface area contributed by atoms with Gasteiger partial charge in [-0.1, -0.05) is 23.2 Å². The minimum absolute atomic E-state index is 0.0640. The zero-order valence-electron chi connectivity index (χ0n) is 9.92. The largest absolute Gasteiger partial charge is 0.381 e. The first-order valence-corrected chi connectivity index (χ1v) is 6.21. The highest BCUT2D eigenvalue weighted by molar-refractivity contribution is 6.33. The summed E-state index contributed by atoms with van der Waals surface area (Å²) < 4.78 is 26.5. The molecular weight excluding hydrogens is 293 g/mol. The van der Waals surface area contributed by atoms with Crippen molar-refractivity contribution in [3.63, 3.8) is 0 Å². The van der Waals surface area contributed by atoms with Gasteiger partial charge in [-0.2, -0.15) is 0 Å². The van der Waals surface area contributed by atoms with Crippen molar-refractivity contribution in [3.05, 3.63) is 69.2 Å². The maximum Gasteiger partial charge on any atom is 0.126 e. The van der Waals surface area contributed by atoms with Gasteiger partial charge in [-0.05, 0) is 42.8 Å². The van der Waals surface area contributed by atoms with E-state index in [0.717, 1.165) is 18.2 Å². The van der Waals surface area contributed by atoms with Crippen molar-refractivity contribution in [2.75, 3.05) is 0 Å². The third kappa shape index (κ3) is 2.89. The number of hydrogen-bond acceptors (Lipinski definition) is 1. The summed E-state index contributed by atoms with van der Waals surface area (Å²) in [7, 11) is 0. The Morgan fingerprint density at radius 2 is 1.58 bits per heavy atom. The molecule has 0 heterocycles. The lowest BCUT2D eigenvalue weighted by Crippen LogP contribution is -2.23. The van der Waals surface area contributed by atoms with Crippen molar-refractivity contribution in [2.24, 2.45) is 0 Å². The third-order valence-corrected chi connectivity index (χ3v) is 3.44. The summed E-state index contributed by atoms with van der Waals surface area (Å²) in [6.45, 7) is 1.40. The molecule has 19 heavy (non-hydrogen) atoms. The van der Waals surface area contributed by atoms with Gasteiger partial charge in [0.25, 0.3) is 0 Å². The van der Waals surface area contributed by atoms with Crippen LogP contribution in [0.1, 0.15) is 18.1 Å². The first-order chi connectivity index (χ1) is 8.80. The molecule has 2 aromatic rings. The van der Waals surface area contributed by atoms with Gasteiger partial charge in [0.2, 0.25) is 0 Å². The van der Waals surface area contributed by atoms with Crippen LogP contribution in [-0.4, -0.2) is 5.11 Å². The lowest BCUT2D eigenvalue weighted by atomic mass is 9.88. The van der Waals surface area contributed by atoms with Crippen LogP contribution in [0.3, 0.4) is 0 Å². The Labute approximate surface area is 119 Å². The van der Waals surface area contributed by atoms with E-state index in [2.05, 4.69) is 0 Å². The molecule has 5 heteroatoms. The highest BCUT2D eigenvalue weighted by Crippen LogP contribution is 2.36. The van der Waals surface area contributed by atoms with Crippen molar-refractivity contribution < 1.29 is 13.9 Å². The molecule has 0 spiro atoms. The third-order valence-electron chi connectivity index (χ3n) is 2.88. The van der Waals surface area contributed by atoms with Crippen molar-refractivity contribution in [3.8, 4) is 0 Å². The number of hydrogen-bond donors (Lipinski definition) is 1. The molecule has 0 aromatic heterocycles. The van der Waals surface area contributed by atoms with Crippen molar-refractivity contribution >= 4 is 23.2 Å². The maximum absolute atomic E-state index is 13.2. The maximum atomic E-state index is 13.2. The van der Waals surface area contributed by atoms with E-state index in [4.69, 9.17) is 23.2 Å². The zero-order valence-corrected chi connectivity index (χ0v) is 11.4. The van der Waals surface area contributed by atoms with Crippen LogP contribution >= 0.6 is 23.2 Å². The van der Waals surface area contributed by atoms with E-state index in [9.17, 15) is 13.9 Å². The summed E-state index contributed by atoms with van der Waals surface area (Å²) in [5, 5.41) is 11.2. The zero-order chi connectivity index (χ0) is 14.2. The molecule has 0 saturated heterocycles. The molecule has 1 N–H and O–H groups in total. The standard InChI is InChI=1S/C14H10Cl2F2O/c1-14(19,8-4-10(17)7-11(18)5-8)12-6-9(15)2-3-13(12)16/h2-7,19H,1H3. The lowest BCUT2D eigenvalue weighted by molar-refractivity contribution is 0.102. The predicted molar refractivity (Wildman–Crippen MR) is 71.5 cm³/mol. The van der Waals surface area contributed by atoms with Crippen LogP contribution in [0.25, 0.3) is 0 Å². The van der Waals surface area contributed by atoms with E-state index in [1.54, 1.807) is 6.07 Å². The second kappa shape index (κ2) is 5.08. The minimum atomic E-state index is -1.65. The van der Waals surface area contributed by atoms with Crippen molar-refractivity contribution in [1.29, 1.82) is 0 Å². The van der Waals surface area contributed by atoms with Gasteiger partial charge in [0, 0.05) is 21.7 Å².